The van der Waals surface area contributed by atoms with Gasteiger partial charge in [-0.1, -0.05) is 17.7 Å². The molecule has 23 heavy (non-hydrogen) atoms. The number of aryl methyl sites for hydroxylation is 3. The Labute approximate surface area is 143 Å². The molecule has 0 amide bonds. The van der Waals surface area contributed by atoms with Crippen molar-refractivity contribution in [3.05, 3.63) is 28.8 Å². The quantitative estimate of drug-likeness (QED) is 0.722. The fourth-order valence-corrected chi connectivity index (χ4v) is 4.68. The number of carbonyl (C=O) groups excluding carboxylic acids is 1. The highest BCUT2D eigenvalue weighted by Gasteiger charge is 2.28. The van der Waals surface area contributed by atoms with Gasteiger partial charge in [-0.3, -0.25) is 4.79 Å². The summed E-state index contributed by atoms with van der Waals surface area (Å²) in [6.07, 6.45) is 2.30. The Morgan fingerprint density at radius 1 is 1.26 bits per heavy atom. The zero-order valence-electron chi connectivity index (χ0n) is 14.3. The van der Waals surface area contributed by atoms with Gasteiger partial charge in [0, 0.05) is 0 Å². The second-order valence-electron chi connectivity index (χ2n) is 5.44. The van der Waals surface area contributed by atoms with Crippen LogP contribution in [0, 0.1) is 20.8 Å². The lowest BCUT2D eigenvalue weighted by molar-refractivity contribution is -0.145. The number of benzene rings is 1. The van der Waals surface area contributed by atoms with Crippen LogP contribution in [0.3, 0.4) is 0 Å². The molecule has 0 bridgehead atoms. The SMILES string of the molecule is CCOC(=O)[C@@H](CCSC)NS(=O)(=O)c1c(C)cc(C)cc1C. The van der Waals surface area contributed by atoms with E-state index in [0.29, 0.717) is 23.3 Å². The van der Waals surface area contributed by atoms with Gasteiger partial charge in [0.05, 0.1) is 11.5 Å². The molecule has 0 heterocycles. The molecule has 0 spiro atoms. The molecule has 1 aromatic carbocycles. The molecular weight excluding hydrogens is 334 g/mol. The zero-order chi connectivity index (χ0) is 17.6. The number of sulfonamides is 1. The fraction of sp³-hybridized carbons (Fsp3) is 0.562. The van der Waals surface area contributed by atoms with E-state index in [9.17, 15) is 13.2 Å². The summed E-state index contributed by atoms with van der Waals surface area (Å²) < 4.78 is 33.0. The highest BCUT2D eigenvalue weighted by atomic mass is 32.2. The van der Waals surface area contributed by atoms with Gasteiger partial charge in [-0.05, 0) is 57.3 Å². The van der Waals surface area contributed by atoms with Gasteiger partial charge in [0.1, 0.15) is 6.04 Å². The first kappa shape index (κ1) is 20.0. The Hall–Kier alpha value is -1.05. The number of thioether (sulfide) groups is 1. The van der Waals surface area contributed by atoms with Crippen molar-refractivity contribution in [3.63, 3.8) is 0 Å². The van der Waals surface area contributed by atoms with Gasteiger partial charge >= 0.3 is 5.97 Å². The third kappa shape index (κ3) is 5.51. The molecule has 130 valence electrons. The average Bonchev–Trinajstić information content (AvgIpc) is 2.41. The molecule has 1 atom stereocenters. The molecule has 0 aromatic heterocycles. The number of rotatable bonds is 8. The van der Waals surface area contributed by atoms with Crippen molar-refractivity contribution in [2.45, 2.75) is 45.1 Å². The Balaban J connectivity index is 3.13. The number of hydrogen-bond donors (Lipinski definition) is 1. The van der Waals surface area contributed by atoms with E-state index in [-0.39, 0.29) is 11.5 Å². The van der Waals surface area contributed by atoms with Crippen molar-refractivity contribution in [2.24, 2.45) is 0 Å². The number of ether oxygens (including phenoxy) is 1. The zero-order valence-corrected chi connectivity index (χ0v) is 15.9. The number of nitrogens with one attached hydrogen (secondary N) is 1. The first-order valence-corrected chi connectivity index (χ1v) is 10.4. The van der Waals surface area contributed by atoms with Crippen molar-refractivity contribution in [2.75, 3.05) is 18.6 Å². The Bertz CT molecular complexity index is 633. The van der Waals surface area contributed by atoms with Gasteiger partial charge in [-0.2, -0.15) is 16.5 Å². The van der Waals surface area contributed by atoms with Crippen molar-refractivity contribution in [1.29, 1.82) is 0 Å². The smallest absolute Gasteiger partial charge is 0.324 e. The Morgan fingerprint density at radius 3 is 2.30 bits per heavy atom. The maximum absolute atomic E-state index is 12.7. The number of hydrogen-bond acceptors (Lipinski definition) is 5. The molecule has 5 nitrogen and oxygen atoms in total. The van der Waals surface area contributed by atoms with Crippen LogP contribution in [-0.4, -0.2) is 39.0 Å². The van der Waals surface area contributed by atoms with Gasteiger partial charge in [-0.15, -0.1) is 0 Å². The van der Waals surface area contributed by atoms with Gasteiger partial charge < -0.3 is 4.74 Å². The van der Waals surface area contributed by atoms with E-state index >= 15 is 0 Å². The second-order valence-corrected chi connectivity index (χ2v) is 8.07. The molecule has 1 N–H and O–H groups in total. The van der Waals surface area contributed by atoms with Gasteiger partial charge in [0.15, 0.2) is 0 Å². The van der Waals surface area contributed by atoms with Gasteiger partial charge in [0.2, 0.25) is 10.0 Å². The first-order chi connectivity index (χ1) is 10.7. The van der Waals surface area contributed by atoms with E-state index in [1.54, 1.807) is 32.5 Å². The molecule has 0 aliphatic rings. The maximum Gasteiger partial charge on any atom is 0.324 e. The third-order valence-corrected chi connectivity index (χ3v) is 5.77. The number of carbonyl (C=O) groups is 1. The van der Waals surface area contributed by atoms with Crippen LogP contribution in [0.1, 0.15) is 30.0 Å². The van der Waals surface area contributed by atoms with Gasteiger partial charge in [-0.25, -0.2) is 8.42 Å². The van der Waals surface area contributed by atoms with Gasteiger partial charge in [0.25, 0.3) is 0 Å². The lowest BCUT2D eigenvalue weighted by Crippen LogP contribution is -2.42. The average molecular weight is 360 g/mol. The summed E-state index contributed by atoms with van der Waals surface area (Å²) in [6, 6.07) is 2.78. The third-order valence-electron chi connectivity index (χ3n) is 3.35. The van der Waals surface area contributed by atoms with Crippen LogP contribution >= 0.6 is 11.8 Å². The topological polar surface area (TPSA) is 72.5 Å². The largest absolute Gasteiger partial charge is 0.465 e. The molecule has 0 radical (unpaired) electrons. The summed E-state index contributed by atoms with van der Waals surface area (Å²) in [6.45, 7) is 7.36. The van der Waals surface area contributed by atoms with E-state index in [0.717, 1.165) is 5.56 Å². The van der Waals surface area contributed by atoms with Crippen LogP contribution in [-0.2, 0) is 19.6 Å². The minimum absolute atomic E-state index is 0.221. The van der Waals surface area contributed by atoms with E-state index in [1.807, 2.05) is 25.3 Å². The Kier molecular flexibility index (Phi) is 7.57. The van der Waals surface area contributed by atoms with E-state index in [4.69, 9.17) is 4.74 Å². The first-order valence-electron chi connectivity index (χ1n) is 7.48. The predicted octanol–water partition coefficient (Wildman–Crippen LogP) is 2.57. The molecule has 1 rings (SSSR count). The van der Waals surface area contributed by atoms with Crippen molar-refractivity contribution in [1.82, 2.24) is 4.72 Å². The molecular formula is C16H25NO4S2. The van der Waals surface area contributed by atoms with Crippen LogP contribution in [0.2, 0.25) is 0 Å². The summed E-state index contributed by atoms with van der Waals surface area (Å²) >= 11 is 1.55. The minimum atomic E-state index is -3.79. The molecule has 0 fully saturated rings. The van der Waals surface area contributed by atoms with Crippen LogP contribution < -0.4 is 4.72 Å². The lowest BCUT2D eigenvalue weighted by Gasteiger charge is -2.19. The number of esters is 1. The summed E-state index contributed by atoms with van der Waals surface area (Å²) in [5.74, 6) is 0.130. The summed E-state index contributed by atoms with van der Waals surface area (Å²) in [5, 5.41) is 0. The van der Waals surface area contributed by atoms with Crippen molar-refractivity contribution in [3.8, 4) is 0 Å². The van der Waals surface area contributed by atoms with Crippen molar-refractivity contribution < 1.29 is 17.9 Å². The van der Waals surface area contributed by atoms with Crippen LogP contribution in [0.5, 0.6) is 0 Å². The monoisotopic (exact) mass is 359 g/mol. The minimum Gasteiger partial charge on any atom is -0.465 e. The standard InChI is InChI=1S/C16H25NO4S2/c1-6-21-16(18)14(7-8-22-5)17-23(19,20)15-12(3)9-11(2)10-13(15)4/h9-10,14,17H,6-8H2,1-5H3/t14-/m1/s1. The molecule has 7 heteroatoms. The van der Waals surface area contributed by atoms with Crippen LogP contribution in [0.4, 0.5) is 0 Å². The second kappa shape index (κ2) is 8.70. The van der Waals surface area contributed by atoms with Crippen LogP contribution in [0.25, 0.3) is 0 Å². The highest BCUT2D eigenvalue weighted by molar-refractivity contribution is 7.98. The van der Waals surface area contributed by atoms with E-state index in [2.05, 4.69) is 4.72 Å². The highest BCUT2D eigenvalue weighted by Crippen LogP contribution is 2.22. The van der Waals surface area contributed by atoms with E-state index in [1.165, 1.54) is 0 Å². The normalized spacial score (nSPS) is 12.9. The molecule has 1 aromatic rings. The maximum atomic E-state index is 12.7. The predicted molar refractivity (Wildman–Crippen MR) is 94.4 cm³/mol. The van der Waals surface area contributed by atoms with Crippen LogP contribution in [0.15, 0.2) is 17.0 Å². The summed E-state index contributed by atoms with van der Waals surface area (Å²) in [5.41, 5.74) is 2.34. The molecule has 0 aliphatic heterocycles. The molecule has 0 saturated heterocycles. The summed E-state index contributed by atoms with van der Waals surface area (Å²) in [7, 11) is -3.79. The molecule has 0 saturated carbocycles. The van der Waals surface area contributed by atoms with Crippen molar-refractivity contribution >= 4 is 27.8 Å². The fourth-order valence-electron chi connectivity index (χ4n) is 2.54. The Morgan fingerprint density at radius 2 is 1.83 bits per heavy atom. The molecule has 0 unspecified atom stereocenters. The molecule has 0 aliphatic carbocycles. The lowest BCUT2D eigenvalue weighted by atomic mass is 10.1. The summed E-state index contributed by atoms with van der Waals surface area (Å²) in [4.78, 5) is 12.3. The van der Waals surface area contributed by atoms with E-state index < -0.39 is 22.0 Å².